The summed E-state index contributed by atoms with van der Waals surface area (Å²) >= 11 is 0. The van der Waals surface area contributed by atoms with Crippen molar-refractivity contribution in [2.45, 2.75) is 25.7 Å². The lowest BCUT2D eigenvalue weighted by atomic mass is 10.2. The first-order chi connectivity index (χ1) is 12.4. The van der Waals surface area contributed by atoms with E-state index in [0.717, 1.165) is 16.3 Å². The van der Waals surface area contributed by atoms with Gasteiger partial charge in [-0.15, -0.1) is 0 Å². The summed E-state index contributed by atoms with van der Waals surface area (Å²) in [6.45, 7) is 2.50. The Labute approximate surface area is 150 Å². The van der Waals surface area contributed by atoms with Gasteiger partial charge in [0.1, 0.15) is 5.82 Å². The molecule has 0 bridgehead atoms. The number of carbonyl (C=O) groups is 1. The van der Waals surface area contributed by atoms with E-state index in [1.165, 1.54) is 0 Å². The highest BCUT2D eigenvalue weighted by molar-refractivity contribution is 5.81. The molecular weight excluding hydrogens is 345 g/mol. The molecule has 1 amide bonds. The van der Waals surface area contributed by atoms with E-state index in [4.69, 9.17) is 0 Å². The molecule has 0 saturated carbocycles. The number of hydrogen-bond acceptors (Lipinski definition) is 3. The summed E-state index contributed by atoms with van der Waals surface area (Å²) in [5.74, 6) is -0.880. The molecule has 1 aliphatic rings. The fraction of sp³-hybridized carbons (Fsp3) is 0.444. The quantitative estimate of drug-likeness (QED) is 0.835. The van der Waals surface area contributed by atoms with E-state index in [-0.39, 0.29) is 13.1 Å². The second kappa shape index (κ2) is 7.90. The van der Waals surface area contributed by atoms with Crippen LogP contribution < -0.4 is 0 Å². The molecular formula is C18H21F3N4O. The van der Waals surface area contributed by atoms with E-state index in [0.29, 0.717) is 32.6 Å². The third-order valence-electron chi connectivity index (χ3n) is 4.48. The molecule has 0 spiro atoms. The van der Waals surface area contributed by atoms with Crippen LogP contribution in [0.1, 0.15) is 17.8 Å². The standard InChI is InChI=1S/C18H21F3N4O/c19-18(20,21)17(26)24-9-4-8-23(11-12-24)14-16-22-7-10-25(16)13-15-5-2-1-3-6-15/h1-3,5-7,10H,4,8-9,11-14H2. The fourth-order valence-corrected chi connectivity index (χ4v) is 3.13. The topological polar surface area (TPSA) is 41.4 Å². The van der Waals surface area contributed by atoms with E-state index in [1.807, 2.05) is 46.0 Å². The molecule has 0 N–H and O–H groups in total. The average molecular weight is 366 g/mol. The molecule has 0 radical (unpaired) electrons. The Hall–Kier alpha value is -2.35. The zero-order valence-electron chi connectivity index (χ0n) is 14.3. The summed E-state index contributed by atoms with van der Waals surface area (Å²) in [7, 11) is 0. The largest absolute Gasteiger partial charge is 0.471 e. The van der Waals surface area contributed by atoms with Crippen LogP contribution in [0.5, 0.6) is 0 Å². The van der Waals surface area contributed by atoms with Crippen LogP contribution in [0.25, 0.3) is 0 Å². The lowest BCUT2D eigenvalue weighted by Gasteiger charge is -2.22. The Balaban J connectivity index is 1.60. The average Bonchev–Trinajstić information content (AvgIpc) is 2.90. The summed E-state index contributed by atoms with van der Waals surface area (Å²) in [6.07, 6.45) is -0.655. The maximum absolute atomic E-state index is 12.6. The Morgan fingerprint density at radius 1 is 1.04 bits per heavy atom. The molecule has 5 nitrogen and oxygen atoms in total. The molecule has 140 valence electrons. The molecule has 1 fully saturated rings. The summed E-state index contributed by atoms with van der Waals surface area (Å²) < 4.78 is 39.9. The molecule has 0 atom stereocenters. The van der Waals surface area contributed by atoms with Crippen LogP contribution in [-0.2, 0) is 17.9 Å². The van der Waals surface area contributed by atoms with Gasteiger partial charge in [-0.2, -0.15) is 13.2 Å². The number of halogens is 3. The van der Waals surface area contributed by atoms with Crippen LogP contribution in [0.3, 0.4) is 0 Å². The molecule has 26 heavy (non-hydrogen) atoms. The molecule has 2 heterocycles. The maximum Gasteiger partial charge on any atom is 0.471 e. The number of hydrogen-bond donors (Lipinski definition) is 0. The molecule has 1 aromatic carbocycles. The Morgan fingerprint density at radius 2 is 1.81 bits per heavy atom. The number of amides is 1. The highest BCUT2D eigenvalue weighted by Gasteiger charge is 2.42. The normalized spacial score (nSPS) is 16.5. The summed E-state index contributed by atoms with van der Waals surface area (Å²) in [6, 6.07) is 10.00. The van der Waals surface area contributed by atoms with Gasteiger partial charge in [-0.3, -0.25) is 9.69 Å². The summed E-state index contributed by atoms with van der Waals surface area (Å²) in [5.41, 5.74) is 1.16. The van der Waals surface area contributed by atoms with Gasteiger partial charge in [0.2, 0.25) is 0 Å². The minimum atomic E-state index is -4.80. The molecule has 1 aliphatic heterocycles. The molecule has 8 heteroatoms. The van der Waals surface area contributed by atoms with Gasteiger partial charge in [0.05, 0.1) is 6.54 Å². The van der Waals surface area contributed by atoms with Gasteiger partial charge >= 0.3 is 12.1 Å². The number of nitrogens with zero attached hydrogens (tertiary/aromatic N) is 4. The third-order valence-corrected chi connectivity index (χ3v) is 4.48. The van der Waals surface area contributed by atoms with Gasteiger partial charge in [-0.05, 0) is 12.0 Å². The van der Waals surface area contributed by atoms with E-state index in [9.17, 15) is 18.0 Å². The van der Waals surface area contributed by atoms with Crippen molar-refractivity contribution in [3.63, 3.8) is 0 Å². The first-order valence-corrected chi connectivity index (χ1v) is 8.56. The van der Waals surface area contributed by atoms with Gasteiger partial charge in [-0.25, -0.2) is 4.98 Å². The number of carbonyl (C=O) groups excluding carboxylic acids is 1. The lowest BCUT2D eigenvalue weighted by Crippen LogP contribution is -2.43. The van der Waals surface area contributed by atoms with Crippen LogP contribution in [0.4, 0.5) is 13.2 Å². The van der Waals surface area contributed by atoms with Gasteiger partial charge in [0.15, 0.2) is 0 Å². The SMILES string of the molecule is O=C(N1CCCN(Cc2nccn2Cc2ccccc2)CC1)C(F)(F)F. The number of benzene rings is 1. The van der Waals surface area contributed by atoms with Crippen LogP contribution in [0.15, 0.2) is 42.7 Å². The van der Waals surface area contributed by atoms with Gasteiger partial charge < -0.3 is 9.47 Å². The molecule has 3 rings (SSSR count). The second-order valence-corrected chi connectivity index (χ2v) is 6.38. The summed E-state index contributed by atoms with van der Waals surface area (Å²) in [5, 5.41) is 0. The van der Waals surface area contributed by atoms with Crippen LogP contribution in [-0.4, -0.2) is 57.6 Å². The van der Waals surface area contributed by atoms with Crippen molar-refractivity contribution in [3.05, 3.63) is 54.1 Å². The second-order valence-electron chi connectivity index (χ2n) is 6.38. The number of imidazole rings is 1. The maximum atomic E-state index is 12.6. The molecule has 1 saturated heterocycles. The summed E-state index contributed by atoms with van der Waals surface area (Å²) in [4.78, 5) is 18.8. The zero-order chi connectivity index (χ0) is 18.6. The van der Waals surface area contributed by atoms with Crippen molar-refractivity contribution < 1.29 is 18.0 Å². The van der Waals surface area contributed by atoms with Crippen molar-refractivity contribution in [2.75, 3.05) is 26.2 Å². The number of aromatic nitrogens is 2. The zero-order valence-corrected chi connectivity index (χ0v) is 14.3. The van der Waals surface area contributed by atoms with Crippen molar-refractivity contribution >= 4 is 5.91 Å². The van der Waals surface area contributed by atoms with Crippen LogP contribution >= 0.6 is 0 Å². The highest BCUT2D eigenvalue weighted by atomic mass is 19.4. The monoisotopic (exact) mass is 366 g/mol. The van der Waals surface area contributed by atoms with E-state index < -0.39 is 12.1 Å². The van der Waals surface area contributed by atoms with Crippen LogP contribution in [0, 0.1) is 0 Å². The third kappa shape index (κ3) is 4.63. The minimum absolute atomic E-state index is 0.0811. The number of rotatable bonds is 4. The lowest BCUT2D eigenvalue weighted by molar-refractivity contribution is -0.185. The molecule has 0 aliphatic carbocycles. The van der Waals surface area contributed by atoms with Gasteiger partial charge in [0.25, 0.3) is 0 Å². The van der Waals surface area contributed by atoms with Crippen molar-refractivity contribution in [2.24, 2.45) is 0 Å². The van der Waals surface area contributed by atoms with Gasteiger partial charge in [0, 0.05) is 45.1 Å². The Morgan fingerprint density at radius 3 is 2.54 bits per heavy atom. The smallest absolute Gasteiger partial charge is 0.334 e. The predicted molar refractivity (Wildman–Crippen MR) is 90.3 cm³/mol. The van der Waals surface area contributed by atoms with Gasteiger partial charge in [-0.1, -0.05) is 30.3 Å². The van der Waals surface area contributed by atoms with E-state index in [2.05, 4.69) is 4.98 Å². The number of alkyl halides is 3. The fourth-order valence-electron chi connectivity index (χ4n) is 3.13. The molecule has 1 aromatic heterocycles. The van der Waals surface area contributed by atoms with E-state index >= 15 is 0 Å². The Bertz CT molecular complexity index is 730. The molecule has 2 aromatic rings. The first-order valence-electron chi connectivity index (χ1n) is 8.56. The first kappa shape index (κ1) is 18.4. The predicted octanol–water partition coefficient (Wildman–Crippen LogP) is 2.53. The highest BCUT2D eigenvalue weighted by Crippen LogP contribution is 2.20. The van der Waals surface area contributed by atoms with Crippen molar-refractivity contribution in [1.29, 1.82) is 0 Å². The Kier molecular flexibility index (Phi) is 5.61. The van der Waals surface area contributed by atoms with Crippen molar-refractivity contribution in [3.8, 4) is 0 Å². The van der Waals surface area contributed by atoms with Crippen molar-refractivity contribution in [1.82, 2.24) is 19.4 Å². The molecule has 0 unspecified atom stereocenters. The van der Waals surface area contributed by atoms with Crippen LogP contribution in [0.2, 0.25) is 0 Å². The van der Waals surface area contributed by atoms with E-state index in [1.54, 1.807) is 6.20 Å². The minimum Gasteiger partial charge on any atom is -0.334 e.